The molecule has 0 amide bonds. The van der Waals surface area contributed by atoms with E-state index in [1.807, 2.05) is 37.3 Å². The molecule has 22 heavy (non-hydrogen) atoms. The number of para-hydroxylation sites is 1. The van der Waals surface area contributed by atoms with Crippen LogP contribution in [0.15, 0.2) is 30.3 Å². The van der Waals surface area contributed by atoms with Crippen molar-refractivity contribution in [2.45, 2.75) is 19.8 Å². The number of hydrogen-bond donors (Lipinski definition) is 2. The summed E-state index contributed by atoms with van der Waals surface area (Å²) in [6.07, 6.45) is 0.648. The fourth-order valence-electron chi connectivity index (χ4n) is 2.08. The lowest BCUT2D eigenvalue weighted by molar-refractivity contribution is -0.137. The molecule has 2 N–H and O–H groups in total. The maximum absolute atomic E-state index is 10.5. The van der Waals surface area contributed by atoms with E-state index in [1.165, 1.54) is 0 Å². The number of aryl methyl sites for hydroxylation is 1. The second-order valence-electron chi connectivity index (χ2n) is 4.84. The Labute approximate surface area is 129 Å². The predicted octanol–water partition coefficient (Wildman–Crippen LogP) is 2.74. The van der Waals surface area contributed by atoms with Gasteiger partial charge in [-0.05, 0) is 31.5 Å². The van der Waals surface area contributed by atoms with Gasteiger partial charge in [0.25, 0.3) is 0 Å². The van der Waals surface area contributed by atoms with Gasteiger partial charge in [-0.25, -0.2) is 9.97 Å². The minimum atomic E-state index is -0.804. The third-order valence-corrected chi connectivity index (χ3v) is 3.09. The van der Waals surface area contributed by atoms with Crippen molar-refractivity contribution in [3.8, 4) is 17.0 Å². The van der Waals surface area contributed by atoms with Gasteiger partial charge in [0, 0.05) is 24.2 Å². The van der Waals surface area contributed by atoms with Crippen LogP contribution in [0.25, 0.3) is 11.3 Å². The molecule has 0 spiro atoms. The Morgan fingerprint density at radius 2 is 2.09 bits per heavy atom. The molecule has 0 saturated carbocycles. The van der Waals surface area contributed by atoms with Gasteiger partial charge in [0.15, 0.2) is 0 Å². The second-order valence-corrected chi connectivity index (χ2v) is 4.84. The molecule has 6 nitrogen and oxygen atoms in total. The highest BCUT2D eigenvalue weighted by molar-refractivity contribution is 5.68. The molecule has 0 aliphatic rings. The summed E-state index contributed by atoms with van der Waals surface area (Å²) in [6.45, 7) is 2.41. The molecule has 0 saturated heterocycles. The first-order valence-corrected chi connectivity index (χ1v) is 7.05. The Hall–Kier alpha value is -2.63. The molecular formula is C16H19N3O3. The van der Waals surface area contributed by atoms with Gasteiger partial charge in [0.05, 0.1) is 12.8 Å². The number of anilines is 1. The SMILES string of the molecule is COc1ccccc1-c1cc(C)nc(NCCCC(=O)O)n1. The molecule has 1 aromatic heterocycles. The molecule has 1 aromatic carbocycles. The maximum Gasteiger partial charge on any atom is 0.303 e. The first-order valence-electron chi connectivity index (χ1n) is 7.05. The lowest BCUT2D eigenvalue weighted by Gasteiger charge is -2.10. The van der Waals surface area contributed by atoms with Crippen molar-refractivity contribution in [3.05, 3.63) is 36.0 Å². The van der Waals surface area contributed by atoms with E-state index in [0.29, 0.717) is 18.9 Å². The highest BCUT2D eigenvalue weighted by atomic mass is 16.5. The molecule has 2 rings (SSSR count). The number of carboxylic acids is 1. The van der Waals surface area contributed by atoms with Gasteiger partial charge in [-0.15, -0.1) is 0 Å². The van der Waals surface area contributed by atoms with Gasteiger partial charge in [-0.1, -0.05) is 12.1 Å². The first kappa shape index (κ1) is 15.8. The van der Waals surface area contributed by atoms with Crippen molar-refractivity contribution in [1.29, 1.82) is 0 Å². The summed E-state index contributed by atoms with van der Waals surface area (Å²) in [5.74, 6) is 0.436. The van der Waals surface area contributed by atoms with Gasteiger partial charge < -0.3 is 15.2 Å². The molecule has 0 aliphatic heterocycles. The number of methoxy groups -OCH3 is 1. The summed E-state index contributed by atoms with van der Waals surface area (Å²) in [5, 5.41) is 11.7. The molecule has 116 valence electrons. The van der Waals surface area contributed by atoms with Crippen molar-refractivity contribution in [2.75, 3.05) is 19.0 Å². The van der Waals surface area contributed by atoms with Gasteiger partial charge >= 0.3 is 5.97 Å². The quantitative estimate of drug-likeness (QED) is 0.765. The van der Waals surface area contributed by atoms with Crippen LogP contribution in [0.3, 0.4) is 0 Å². The van der Waals surface area contributed by atoms with Crippen LogP contribution in [0.2, 0.25) is 0 Å². The average Bonchev–Trinajstić information content (AvgIpc) is 2.51. The van der Waals surface area contributed by atoms with Crippen molar-refractivity contribution in [2.24, 2.45) is 0 Å². The average molecular weight is 301 g/mol. The highest BCUT2D eigenvalue weighted by Gasteiger charge is 2.09. The van der Waals surface area contributed by atoms with E-state index in [-0.39, 0.29) is 6.42 Å². The zero-order chi connectivity index (χ0) is 15.9. The van der Waals surface area contributed by atoms with E-state index in [4.69, 9.17) is 9.84 Å². The third-order valence-electron chi connectivity index (χ3n) is 3.09. The van der Waals surface area contributed by atoms with Gasteiger partial charge in [0.2, 0.25) is 5.95 Å². The lowest BCUT2D eigenvalue weighted by Crippen LogP contribution is -2.08. The van der Waals surface area contributed by atoms with E-state index in [0.717, 1.165) is 22.7 Å². The molecular weight excluding hydrogens is 282 g/mol. The number of nitrogens with zero attached hydrogens (tertiary/aromatic N) is 2. The lowest BCUT2D eigenvalue weighted by atomic mass is 10.1. The fourth-order valence-corrected chi connectivity index (χ4v) is 2.08. The van der Waals surface area contributed by atoms with Crippen LogP contribution in [0.4, 0.5) is 5.95 Å². The van der Waals surface area contributed by atoms with Crippen LogP contribution < -0.4 is 10.1 Å². The Morgan fingerprint density at radius 3 is 2.82 bits per heavy atom. The maximum atomic E-state index is 10.5. The largest absolute Gasteiger partial charge is 0.496 e. The molecule has 6 heteroatoms. The zero-order valence-electron chi connectivity index (χ0n) is 12.7. The summed E-state index contributed by atoms with van der Waals surface area (Å²) in [4.78, 5) is 19.3. The fraction of sp³-hybridized carbons (Fsp3) is 0.312. The molecule has 0 aliphatic carbocycles. The van der Waals surface area contributed by atoms with Gasteiger partial charge in [-0.2, -0.15) is 0 Å². The number of carboxylic acid groups (broad SMARTS) is 1. The number of carbonyl (C=O) groups is 1. The van der Waals surface area contributed by atoms with Gasteiger partial charge in [-0.3, -0.25) is 4.79 Å². The second kappa shape index (κ2) is 7.40. The topological polar surface area (TPSA) is 84.3 Å². The molecule has 1 heterocycles. The number of hydrogen-bond acceptors (Lipinski definition) is 5. The summed E-state index contributed by atoms with van der Waals surface area (Å²) in [5.41, 5.74) is 2.49. The molecule has 0 atom stereocenters. The molecule has 0 radical (unpaired) electrons. The van der Waals surface area contributed by atoms with Crippen LogP contribution in [-0.2, 0) is 4.79 Å². The number of nitrogens with one attached hydrogen (secondary N) is 1. The highest BCUT2D eigenvalue weighted by Crippen LogP contribution is 2.28. The number of aliphatic carboxylic acids is 1. The van der Waals surface area contributed by atoms with E-state index < -0.39 is 5.97 Å². The Morgan fingerprint density at radius 1 is 1.32 bits per heavy atom. The van der Waals surface area contributed by atoms with E-state index >= 15 is 0 Å². The predicted molar refractivity (Wildman–Crippen MR) is 84.1 cm³/mol. The van der Waals surface area contributed by atoms with Crippen LogP contribution in [0.1, 0.15) is 18.5 Å². The van der Waals surface area contributed by atoms with Crippen LogP contribution in [-0.4, -0.2) is 34.7 Å². The van der Waals surface area contributed by atoms with Crippen LogP contribution in [0, 0.1) is 6.92 Å². The van der Waals surface area contributed by atoms with E-state index in [2.05, 4.69) is 15.3 Å². The molecule has 0 bridgehead atoms. The van der Waals surface area contributed by atoms with E-state index in [1.54, 1.807) is 7.11 Å². The minimum Gasteiger partial charge on any atom is -0.496 e. The first-order chi connectivity index (χ1) is 10.6. The van der Waals surface area contributed by atoms with Crippen molar-refractivity contribution in [3.63, 3.8) is 0 Å². The van der Waals surface area contributed by atoms with Crippen molar-refractivity contribution < 1.29 is 14.6 Å². The number of rotatable bonds is 7. The summed E-state index contributed by atoms with van der Waals surface area (Å²) >= 11 is 0. The number of ether oxygens (including phenoxy) is 1. The summed E-state index contributed by atoms with van der Waals surface area (Å²) in [6, 6.07) is 9.54. The van der Waals surface area contributed by atoms with E-state index in [9.17, 15) is 4.79 Å². The Kier molecular flexibility index (Phi) is 5.30. The third kappa shape index (κ3) is 4.18. The Bertz CT molecular complexity index is 659. The molecule has 0 unspecified atom stereocenters. The normalized spacial score (nSPS) is 10.3. The number of aromatic nitrogens is 2. The molecule has 2 aromatic rings. The smallest absolute Gasteiger partial charge is 0.303 e. The standard InChI is InChI=1S/C16H19N3O3/c1-11-10-13(12-6-3-4-7-14(12)22-2)19-16(18-11)17-9-5-8-15(20)21/h3-4,6-7,10H,5,8-9H2,1-2H3,(H,20,21)(H,17,18,19). The van der Waals surface area contributed by atoms with Crippen LogP contribution >= 0.6 is 0 Å². The zero-order valence-corrected chi connectivity index (χ0v) is 12.7. The molecule has 0 fully saturated rings. The van der Waals surface area contributed by atoms with Gasteiger partial charge in [0.1, 0.15) is 5.75 Å². The monoisotopic (exact) mass is 301 g/mol. The van der Waals surface area contributed by atoms with Crippen molar-refractivity contribution in [1.82, 2.24) is 9.97 Å². The number of benzene rings is 1. The van der Waals surface area contributed by atoms with Crippen LogP contribution in [0.5, 0.6) is 5.75 Å². The minimum absolute atomic E-state index is 0.123. The summed E-state index contributed by atoms with van der Waals surface area (Å²) < 4.78 is 5.36. The Balaban J connectivity index is 2.18. The summed E-state index contributed by atoms with van der Waals surface area (Å²) in [7, 11) is 1.62. The van der Waals surface area contributed by atoms with Crippen molar-refractivity contribution >= 4 is 11.9 Å².